The number of allylic oxidation sites excluding steroid dienone is 3. The van der Waals surface area contributed by atoms with Crippen LogP contribution >= 0.6 is 0 Å². The van der Waals surface area contributed by atoms with E-state index in [4.69, 9.17) is 0 Å². The molecular weight excluding hydrogens is 164 g/mol. The first kappa shape index (κ1) is 11.9. The lowest BCUT2D eigenvalue weighted by Gasteiger charge is -1.90. The van der Waals surface area contributed by atoms with Crippen molar-refractivity contribution in [1.82, 2.24) is 0 Å². The molecule has 0 bridgehead atoms. The maximum absolute atomic E-state index is 10.6. The van der Waals surface area contributed by atoms with E-state index in [1.807, 2.05) is 6.08 Å². The normalized spacial score (nSPS) is 11.2. The molecule has 0 aromatic heterocycles. The van der Waals surface area contributed by atoms with E-state index in [0.29, 0.717) is 0 Å². The quantitative estimate of drug-likeness (QED) is 0.273. The molecule has 74 valence electrons. The molecule has 0 aliphatic heterocycles. The van der Waals surface area contributed by atoms with Gasteiger partial charge in [-0.05, 0) is 12.8 Å². The van der Waals surface area contributed by atoms with Crippen LogP contribution in [0, 0.1) is 0 Å². The van der Waals surface area contributed by atoms with Gasteiger partial charge < -0.3 is 4.74 Å². The summed E-state index contributed by atoms with van der Waals surface area (Å²) in [5.74, 6) is -0.307. The highest BCUT2D eigenvalue weighted by Crippen LogP contribution is 1.99. The molecule has 0 amide bonds. The van der Waals surface area contributed by atoms with Crippen LogP contribution in [0.25, 0.3) is 0 Å². The number of hydrogen-bond donors (Lipinski definition) is 0. The van der Waals surface area contributed by atoms with Gasteiger partial charge in [0.05, 0.1) is 7.11 Å². The van der Waals surface area contributed by atoms with Crippen molar-refractivity contribution in [3.63, 3.8) is 0 Å². The van der Waals surface area contributed by atoms with Gasteiger partial charge in [0.1, 0.15) is 0 Å². The fraction of sp³-hybridized carbons (Fsp3) is 0.545. The maximum Gasteiger partial charge on any atom is 0.330 e. The summed E-state index contributed by atoms with van der Waals surface area (Å²) in [6, 6.07) is 0. The molecule has 0 spiro atoms. The van der Waals surface area contributed by atoms with Crippen LogP contribution in [0.1, 0.15) is 32.6 Å². The monoisotopic (exact) mass is 182 g/mol. The van der Waals surface area contributed by atoms with E-state index in [-0.39, 0.29) is 5.97 Å². The molecule has 0 aromatic rings. The summed E-state index contributed by atoms with van der Waals surface area (Å²) in [6.45, 7) is 2.18. The first-order chi connectivity index (χ1) is 6.31. The molecule has 13 heavy (non-hydrogen) atoms. The van der Waals surface area contributed by atoms with E-state index in [1.165, 1.54) is 32.4 Å². The van der Waals surface area contributed by atoms with Gasteiger partial charge in [0.2, 0.25) is 0 Å². The molecule has 0 atom stereocenters. The van der Waals surface area contributed by atoms with Crippen molar-refractivity contribution in [1.29, 1.82) is 0 Å². The number of ether oxygens (including phenoxy) is 1. The number of hydrogen-bond acceptors (Lipinski definition) is 2. The van der Waals surface area contributed by atoms with Crippen LogP contribution in [0.15, 0.2) is 24.3 Å². The van der Waals surface area contributed by atoms with Crippen LogP contribution < -0.4 is 0 Å². The number of esters is 1. The third-order valence-corrected chi connectivity index (χ3v) is 1.66. The molecule has 0 heterocycles. The van der Waals surface area contributed by atoms with Gasteiger partial charge in [-0.15, -0.1) is 0 Å². The largest absolute Gasteiger partial charge is 0.466 e. The lowest BCUT2D eigenvalue weighted by atomic mass is 10.2. The van der Waals surface area contributed by atoms with Crippen molar-refractivity contribution in [3.8, 4) is 0 Å². The third-order valence-electron chi connectivity index (χ3n) is 1.66. The zero-order chi connectivity index (χ0) is 9.94. The molecule has 2 nitrogen and oxygen atoms in total. The number of methoxy groups -OCH3 is 1. The smallest absolute Gasteiger partial charge is 0.330 e. The summed E-state index contributed by atoms with van der Waals surface area (Å²) in [6.07, 6.45) is 11.9. The number of carbonyl (C=O) groups excluding carboxylic acids is 1. The minimum atomic E-state index is -0.307. The maximum atomic E-state index is 10.6. The van der Waals surface area contributed by atoms with Gasteiger partial charge in [-0.2, -0.15) is 0 Å². The molecule has 0 aliphatic carbocycles. The second kappa shape index (κ2) is 9.04. The van der Waals surface area contributed by atoms with Crippen molar-refractivity contribution >= 4 is 5.97 Å². The van der Waals surface area contributed by atoms with E-state index < -0.39 is 0 Å². The average Bonchev–Trinajstić information content (AvgIpc) is 2.16. The molecule has 0 saturated heterocycles. The van der Waals surface area contributed by atoms with Gasteiger partial charge in [0.15, 0.2) is 0 Å². The molecule has 0 aliphatic rings. The summed E-state index contributed by atoms with van der Waals surface area (Å²) < 4.78 is 4.44. The Hall–Kier alpha value is -1.05. The average molecular weight is 182 g/mol. The molecule has 0 rings (SSSR count). The van der Waals surface area contributed by atoms with Crippen molar-refractivity contribution in [2.75, 3.05) is 7.11 Å². The van der Waals surface area contributed by atoms with E-state index in [9.17, 15) is 4.79 Å². The zero-order valence-electron chi connectivity index (χ0n) is 8.45. The first-order valence-electron chi connectivity index (χ1n) is 4.72. The van der Waals surface area contributed by atoms with E-state index in [2.05, 4.69) is 17.7 Å². The summed E-state index contributed by atoms with van der Waals surface area (Å²) in [4.78, 5) is 10.6. The summed E-state index contributed by atoms with van der Waals surface area (Å²) in [5, 5.41) is 0. The van der Waals surface area contributed by atoms with Crippen molar-refractivity contribution < 1.29 is 9.53 Å². The highest BCUT2D eigenvalue weighted by atomic mass is 16.5. The Kier molecular flexibility index (Phi) is 8.31. The Bertz CT molecular complexity index is 181. The van der Waals surface area contributed by atoms with Gasteiger partial charge in [-0.1, -0.05) is 38.0 Å². The van der Waals surface area contributed by atoms with Crippen LogP contribution in [0.2, 0.25) is 0 Å². The van der Waals surface area contributed by atoms with Gasteiger partial charge in [0.25, 0.3) is 0 Å². The Labute approximate surface area is 80.3 Å². The highest BCUT2D eigenvalue weighted by Gasteiger charge is 1.86. The fourth-order valence-electron chi connectivity index (χ4n) is 0.889. The highest BCUT2D eigenvalue weighted by molar-refractivity contribution is 5.82. The minimum absolute atomic E-state index is 0.307. The van der Waals surface area contributed by atoms with Crippen molar-refractivity contribution in [2.45, 2.75) is 32.6 Å². The molecule has 0 saturated carbocycles. The standard InChI is InChI=1S/C11H18O2/c1-3-4-5-6-7-8-9-10-11(12)13-2/h7-10H,3-6H2,1-2H3/b8-7+,10-9-. The number of carbonyl (C=O) groups is 1. The zero-order valence-corrected chi connectivity index (χ0v) is 8.45. The molecule has 0 aromatic carbocycles. The molecule has 2 heteroatoms. The van der Waals surface area contributed by atoms with Crippen LogP contribution in [0.3, 0.4) is 0 Å². The lowest BCUT2D eigenvalue weighted by molar-refractivity contribution is -0.134. The third kappa shape index (κ3) is 8.86. The summed E-state index contributed by atoms with van der Waals surface area (Å²) in [7, 11) is 1.37. The van der Waals surface area contributed by atoms with Gasteiger partial charge >= 0.3 is 5.97 Å². The molecule has 0 radical (unpaired) electrons. The van der Waals surface area contributed by atoms with Crippen molar-refractivity contribution in [3.05, 3.63) is 24.3 Å². The second-order valence-corrected chi connectivity index (χ2v) is 2.81. The Morgan fingerprint density at radius 2 is 2.08 bits per heavy atom. The first-order valence-corrected chi connectivity index (χ1v) is 4.72. The van der Waals surface area contributed by atoms with Gasteiger partial charge in [-0.25, -0.2) is 4.79 Å². The Morgan fingerprint density at radius 1 is 1.31 bits per heavy atom. The van der Waals surface area contributed by atoms with Crippen LogP contribution in [-0.2, 0) is 9.53 Å². The summed E-state index contributed by atoms with van der Waals surface area (Å²) in [5.41, 5.74) is 0. The minimum Gasteiger partial charge on any atom is -0.466 e. The number of rotatable bonds is 6. The van der Waals surface area contributed by atoms with E-state index in [1.54, 1.807) is 6.08 Å². The van der Waals surface area contributed by atoms with E-state index >= 15 is 0 Å². The molecular formula is C11H18O2. The molecule has 0 fully saturated rings. The predicted molar refractivity (Wildman–Crippen MR) is 54.4 cm³/mol. The topological polar surface area (TPSA) is 26.3 Å². The van der Waals surface area contributed by atoms with Crippen LogP contribution in [0.5, 0.6) is 0 Å². The SMILES string of the molecule is CCCCC/C=C/C=C\C(=O)OC. The second-order valence-electron chi connectivity index (χ2n) is 2.81. The fourth-order valence-corrected chi connectivity index (χ4v) is 0.889. The van der Waals surface area contributed by atoms with Crippen molar-refractivity contribution in [2.24, 2.45) is 0 Å². The predicted octanol–water partition coefficient (Wildman–Crippen LogP) is 2.85. The van der Waals surface area contributed by atoms with Crippen LogP contribution in [-0.4, -0.2) is 13.1 Å². The molecule has 0 unspecified atom stereocenters. The molecule has 0 N–H and O–H groups in total. The van der Waals surface area contributed by atoms with Crippen LogP contribution in [0.4, 0.5) is 0 Å². The van der Waals surface area contributed by atoms with Gasteiger partial charge in [0, 0.05) is 6.08 Å². The Balaban J connectivity index is 3.40. The lowest BCUT2D eigenvalue weighted by Crippen LogP contribution is -1.92. The Morgan fingerprint density at radius 3 is 2.69 bits per heavy atom. The summed E-state index contributed by atoms with van der Waals surface area (Å²) >= 11 is 0. The number of unbranched alkanes of at least 4 members (excludes halogenated alkanes) is 3. The van der Waals surface area contributed by atoms with Gasteiger partial charge in [-0.3, -0.25) is 0 Å². The van der Waals surface area contributed by atoms with E-state index in [0.717, 1.165) is 6.42 Å².